The zero-order valence-corrected chi connectivity index (χ0v) is 18.3. The van der Waals surface area contributed by atoms with E-state index in [9.17, 15) is 8.42 Å². The summed E-state index contributed by atoms with van der Waals surface area (Å²) in [5.74, 6) is 0.950. The number of piperidine rings is 1. The molecule has 3 heterocycles. The summed E-state index contributed by atoms with van der Waals surface area (Å²) in [5.41, 5.74) is 2.54. The second kappa shape index (κ2) is 8.57. The maximum Gasteiger partial charge on any atom is 0.214 e. The third-order valence-electron chi connectivity index (χ3n) is 5.31. The maximum absolute atomic E-state index is 12.3. The van der Waals surface area contributed by atoms with Crippen LogP contribution < -0.4 is 10.8 Å². The first-order chi connectivity index (χ1) is 14.4. The van der Waals surface area contributed by atoms with Gasteiger partial charge in [0.25, 0.3) is 0 Å². The van der Waals surface area contributed by atoms with Gasteiger partial charge < -0.3 is 5.32 Å². The summed E-state index contributed by atoms with van der Waals surface area (Å²) >= 11 is 6.38. The number of anilines is 1. The van der Waals surface area contributed by atoms with E-state index in [-0.39, 0.29) is 11.8 Å². The molecule has 0 aliphatic carbocycles. The van der Waals surface area contributed by atoms with Crippen LogP contribution in [0.5, 0.6) is 0 Å². The van der Waals surface area contributed by atoms with Crippen LogP contribution in [0.3, 0.4) is 0 Å². The monoisotopic (exact) mass is 443 g/mol. The highest BCUT2D eigenvalue weighted by Gasteiger charge is 2.27. The molecule has 10 heteroatoms. The summed E-state index contributed by atoms with van der Waals surface area (Å²) in [5, 5.41) is 8.46. The average molecular weight is 444 g/mol. The second-order valence-corrected chi connectivity index (χ2v) is 9.97. The Bertz CT molecular complexity index is 1160. The van der Waals surface area contributed by atoms with E-state index in [1.807, 2.05) is 37.3 Å². The molecule has 7 nitrogen and oxygen atoms in total. The minimum absolute atomic E-state index is 0.119. The van der Waals surface area contributed by atoms with Gasteiger partial charge in [-0.1, -0.05) is 36.7 Å². The van der Waals surface area contributed by atoms with Crippen molar-refractivity contribution in [2.24, 2.45) is 0 Å². The molecule has 1 N–H and O–H groups in total. The van der Waals surface area contributed by atoms with Gasteiger partial charge in [0.2, 0.25) is 10.0 Å². The van der Waals surface area contributed by atoms with Crippen molar-refractivity contribution >= 4 is 46.4 Å². The molecule has 0 bridgehead atoms. The highest BCUT2D eigenvalue weighted by molar-refractivity contribution is 7.89. The van der Waals surface area contributed by atoms with Crippen LogP contribution in [0.15, 0.2) is 36.5 Å². The van der Waals surface area contributed by atoms with Crippen molar-refractivity contribution in [3.05, 3.63) is 41.6 Å². The lowest BCUT2D eigenvalue weighted by atomic mass is 10.0. The van der Waals surface area contributed by atoms with Crippen molar-refractivity contribution in [3.8, 4) is 11.3 Å². The number of sulfonamides is 1. The number of hydrogen-bond acceptors (Lipinski definition) is 5. The van der Waals surface area contributed by atoms with Gasteiger partial charge in [-0.25, -0.2) is 17.7 Å². The first-order valence-corrected chi connectivity index (χ1v) is 12.0. The van der Waals surface area contributed by atoms with Crippen LogP contribution in [0, 0.1) is 0 Å². The molecule has 1 aromatic carbocycles. The number of nitrogens with zero attached hydrogens (tertiary/aromatic N) is 4. The van der Waals surface area contributed by atoms with Gasteiger partial charge in [-0.05, 0) is 30.8 Å². The number of hydrogen-bond donors (Lipinski definition) is 1. The van der Waals surface area contributed by atoms with Gasteiger partial charge in [-0.2, -0.15) is 9.61 Å². The summed E-state index contributed by atoms with van der Waals surface area (Å²) in [6, 6.07) is 9.54. The minimum Gasteiger partial charge on any atom is -0.367 e. The van der Waals surface area contributed by atoms with Crippen molar-refractivity contribution in [2.75, 3.05) is 24.2 Å². The van der Waals surface area contributed by atoms with Crippen LogP contribution in [0.1, 0.15) is 26.2 Å². The molecule has 3 aromatic rings. The Hall–Kier alpha value is -2.10. The Balaban J connectivity index is 1.60. The molecule has 0 spiro atoms. The zero-order chi connectivity index (χ0) is 21.3. The molecule has 1 saturated heterocycles. The molecule has 1 aliphatic rings. The highest BCUT2D eigenvalue weighted by Crippen LogP contribution is 2.29. The van der Waals surface area contributed by atoms with Crippen LogP contribution in [-0.4, -0.2) is 60.1 Å². The number of halogens is 1. The Kier molecular flexibility index (Phi) is 6.04. The summed E-state index contributed by atoms with van der Waals surface area (Å²) in [6.45, 7) is 2.90. The number of benzene rings is 1. The lowest BCUT2D eigenvalue weighted by Gasteiger charge is -2.32. The van der Waals surface area contributed by atoms with Crippen LogP contribution in [-0.2, 0) is 10.0 Å². The highest BCUT2D eigenvalue weighted by atomic mass is 35.5. The van der Waals surface area contributed by atoms with Gasteiger partial charge in [-0.3, -0.25) is 0 Å². The van der Waals surface area contributed by atoms with Gasteiger partial charge in [0.1, 0.15) is 13.7 Å². The van der Waals surface area contributed by atoms with Crippen LogP contribution >= 0.6 is 11.6 Å². The van der Waals surface area contributed by atoms with E-state index in [1.54, 1.807) is 15.0 Å². The van der Waals surface area contributed by atoms with E-state index < -0.39 is 10.0 Å². The van der Waals surface area contributed by atoms with Crippen molar-refractivity contribution in [2.45, 2.75) is 32.2 Å². The van der Waals surface area contributed by atoms with Crippen LogP contribution in [0.4, 0.5) is 5.82 Å². The molecular formula is C20H23BClN5O2S. The molecule has 4 rings (SSSR count). The number of rotatable bonds is 6. The third kappa shape index (κ3) is 4.19. The van der Waals surface area contributed by atoms with E-state index >= 15 is 0 Å². The van der Waals surface area contributed by atoms with Crippen molar-refractivity contribution in [1.29, 1.82) is 0 Å². The fraction of sp³-hybridized carbons (Fsp3) is 0.400. The van der Waals surface area contributed by atoms with Gasteiger partial charge in [0, 0.05) is 42.0 Å². The fourth-order valence-corrected chi connectivity index (χ4v) is 5.54. The summed E-state index contributed by atoms with van der Waals surface area (Å²) in [4.78, 5) is 4.65. The fourth-order valence-electron chi connectivity index (χ4n) is 3.76. The molecule has 0 atom stereocenters. The Labute approximate surface area is 182 Å². The molecule has 1 fully saturated rings. The minimum atomic E-state index is -3.16. The molecular weight excluding hydrogens is 421 g/mol. The average Bonchev–Trinajstić information content (AvgIpc) is 3.10. The van der Waals surface area contributed by atoms with Crippen molar-refractivity contribution in [1.82, 2.24) is 18.9 Å². The second-order valence-electron chi connectivity index (χ2n) is 7.48. The van der Waals surface area contributed by atoms with E-state index in [4.69, 9.17) is 19.4 Å². The van der Waals surface area contributed by atoms with Gasteiger partial charge in [0.05, 0.1) is 11.4 Å². The first kappa shape index (κ1) is 21.1. The lowest BCUT2D eigenvalue weighted by molar-refractivity contribution is 0.329. The normalized spacial score (nSPS) is 16.2. The molecule has 2 radical (unpaired) electrons. The largest absolute Gasteiger partial charge is 0.367 e. The topological polar surface area (TPSA) is 79.6 Å². The molecule has 30 heavy (non-hydrogen) atoms. The van der Waals surface area contributed by atoms with E-state index in [2.05, 4.69) is 15.4 Å². The van der Waals surface area contributed by atoms with E-state index in [0.717, 1.165) is 11.4 Å². The Morgan fingerprint density at radius 3 is 2.70 bits per heavy atom. The lowest BCUT2D eigenvalue weighted by Crippen LogP contribution is -2.43. The molecule has 1 aliphatic heterocycles. The van der Waals surface area contributed by atoms with Crippen molar-refractivity contribution in [3.63, 3.8) is 0 Å². The van der Waals surface area contributed by atoms with E-state index in [0.29, 0.717) is 54.2 Å². The number of fused-ring (bicyclic) bond motifs is 1. The Morgan fingerprint density at radius 1 is 1.27 bits per heavy atom. The molecule has 2 aromatic heterocycles. The van der Waals surface area contributed by atoms with Gasteiger partial charge in [-0.15, -0.1) is 0 Å². The standard InChI is InChI=1S/C20H23BClN5O2S/c1-2-11-30(28,29)26-9-7-14(8-10-26)24-19-12-18(15-5-3-4-6-17(15)22)25-20-16(21)13-23-27(19)20/h3-6,12-14,24H,2,7-11H2,1H3. The predicted molar refractivity (Wildman–Crippen MR) is 121 cm³/mol. The maximum atomic E-state index is 12.3. The van der Waals surface area contributed by atoms with Gasteiger partial charge >= 0.3 is 0 Å². The summed E-state index contributed by atoms with van der Waals surface area (Å²) in [6.07, 6.45) is 3.63. The smallest absolute Gasteiger partial charge is 0.214 e. The van der Waals surface area contributed by atoms with Crippen LogP contribution in [0.2, 0.25) is 5.02 Å². The van der Waals surface area contributed by atoms with Crippen LogP contribution in [0.25, 0.3) is 16.9 Å². The van der Waals surface area contributed by atoms with Gasteiger partial charge in [0.15, 0.2) is 5.65 Å². The predicted octanol–water partition coefficient (Wildman–Crippen LogP) is 2.46. The molecule has 0 saturated carbocycles. The van der Waals surface area contributed by atoms with Crippen molar-refractivity contribution < 1.29 is 8.42 Å². The Morgan fingerprint density at radius 2 is 2.00 bits per heavy atom. The molecule has 0 unspecified atom stereocenters. The first-order valence-electron chi connectivity index (χ1n) is 10.0. The number of nitrogens with one attached hydrogen (secondary N) is 1. The third-order valence-corrected chi connectivity index (χ3v) is 7.72. The molecule has 156 valence electrons. The van der Waals surface area contributed by atoms with E-state index in [1.165, 1.54) is 0 Å². The quantitative estimate of drug-likeness (QED) is 0.592. The summed E-state index contributed by atoms with van der Waals surface area (Å²) in [7, 11) is 2.92. The zero-order valence-electron chi connectivity index (χ0n) is 16.8. The number of aromatic nitrogens is 3. The molecule has 0 amide bonds. The summed E-state index contributed by atoms with van der Waals surface area (Å²) < 4.78 is 27.9. The SMILES string of the molecule is [B]c1cnn2c(NC3CCN(S(=O)(=O)CCC)CC3)cc(-c3ccccc3Cl)nc12.